The summed E-state index contributed by atoms with van der Waals surface area (Å²) in [6.45, 7) is 1.87. The van der Waals surface area contributed by atoms with Gasteiger partial charge in [-0.25, -0.2) is 9.55 Å². The van der Waals surface area contributed by atoms with Crippen molar-refractivity contribution >= 4 is 17.6 Å². The van der Waals surface area contributed by atoms with Crippen LogP contribution in [0.2, 0.25) is 0 Å². The normalized spacial score (nSPS) is 11.0. The molecule has 13 heteroatoms. The fourth-order valence-electron chi connectivity index (χ4n) is 2.64. The van der Waals surface area contributed by atoms with Gasteiger partial charge in [0, 0.05) is 12.6 Å². The van der Waals surface area contributed by atoms with Gasteiger partial charge in [0.25, 0.3) is 0 Å². The van der Waals surface area contributed by atoms with Crippen molar-refractivity contribution in [2.75, 3.05) is 0 Å². The topological polar surface area (TPSA) is 146 Å². The molecule has 142 valence electrons. The molecule has 0 unspecified atom stereocenters. The smallest absolute Gasteiger partial charge is 0.343 e. The van der Waals surface area contributed by atoms with Crippen LogP contribution in [0.15, 0.2) is 41.7 Å². The molecule has 3 heterocycles. The van der Waals surface area contributed by atoms with Gasteiger partial charge in [-0.3, -0.25) is 4.57 Å². The molecule has 0 fully saturated rings. The van der Waals surface area contributed by atoms with Crippen LogP contribution in [-0.2, 0) is 12.3 Å². The number of aromatic nitrogens is 9. The lowest BCUT2D eigenvalue weighted by atomic mass is 10.3. The van der Waals surface area contributed by atoms with E-state index in [0.29, 0.717) is 28.4 Å². The molecule has 4 rings (SSSR count). The van der Waals surface area contributed by atoms with Crippen LogP contribution in [0.25, 0.3) is 5.69 Å². The Morgan fingerprint density at radius 2 is 2.04 bits per heavy atom. The van der Waals surface area contributed by atoms with Crippen LogP contribution in [-0.4, -0.2) is 49.9 Å². The molecule has 0 aliphatic rings. The van der Waals surface area contributed by atoms with Gasteiger partial charge in [-0.1, -0.05) is 35.2 Å². The van der Waals surface area contributed by atoms with Crippen molar-refractivity contribution in [3.05, 3.63) is 64.1 Å². The van der Waals surface area contributed by atoms with Gasteiger partial charge in [0.05, 0.1) is 5.75 Å². The Balaban J connectivity index is 1.71. The van der Waals surface area contributed by atoms with Gasteiger partial charge < -0.3 is 10.1 Å². The minimum Gasteiger partial charge on any atom is -0.358 e. The minimum absolute atomic E-state index is 0.0962. The van der Waals surface area contributed by atoms with E-state index in [2.05, 4.69) is 35.8 Å². The number of aryl methyl sites for hydroxylation is 1. The maximum Gasteiger partial charge on any atom is 0.343 e. The van der Waals surface area contributed by atoms with Crippen LogP contribution in [0.3, 0.4) is 0 Å². The third kappa shape index (κ3) is 3.46. The maximum atomic E-state index is 11.3. The van der Waals surface area contributed by atoms with Crippen molar-refractivity contribution < 1.29 is 4.92 Å². The fourth-order valence-corrected chi connectivity index (χ4v) is 3.46. The van der Waals surface area contributed by atoms with Gasteiger partial charge in [0.1, 0.15) is 6.20 Å². The number of nitro groups is 1. The van der Waals surface area contributed by atoms with Gasteiger partial charge in [0.2, 0.25) is 0 Å². The predicted octanol–water partition coefficient (Wildman–Crippen LogP) is 1.53. The van der Waals surface area contributed by atoms with Crippen molar-refractivity contribution in [2.45, 2.75) is 24.4 Å². The third-order valence-electron chi connectivity index (χ3n) is 3.95. The van der Waals surface area contributed by atoms with E-state index < -0.39 is 4.92 Å². The number of benzene rings is 1. The van der Waals surface area contributed by atoms with Crippen LogP contribution in [0, 0.1) is 17.0 Å². The second-order valence-corrected chi connectivity index (χ2v) is 6.64. The molecule has 12 nitrogen and oxygen atoms in total. The molecule has 4 aromatic rings. The third-order valence-corrected chi connectivity index (χ3v) is 4.88. The van der Waals surface area contributed by atoms with E-state index in [9.17, 15) is 10.1 Å². The van der Waals surface area contributed by atoms with Gasteiger partial charge >= 0.3 is 5.82 Å². The molecule has 0 spiro atoms. The largest absolute Gasteiger partial charge is 0.358 e. The number of rotatable bonds is 7. The SMILES string of the molecule is Cc1ncc([N+](=O)[O-])n1Cc1nnc(SCc2nn[nH]n2)n1-c1ccccc1. The molecular formula is C15H14N10O2S. The molecule has 3 aromatic heterocycles. The zero-order chi connectivity index (χ0) is 19.5. The first-order valence-electron chi connectivity index (χ1n) is 8.15. The van der Waals surface area contributed by atoms with Crippen LogP contribution in [0.5, 0.6) is 0 Å². The van der Waals surface area contributed by atoms with Crippen LogP contribution < -0.4 is 0 Å². The molecule has 0 bridgehead atoms. The number of H-pyrrole nitrogens is 1. The van der Waals surface area contributed by atoms with Crippen LogP contribution in [0.1, 0.15) is 17.5 Å². The molecule has 0 aliphatic carbocycles. The van der Waals surface area contributed by atoms with E-state index in [0.717, 1.165) is 5.69 Å². The quantitative estimate of drug-likeness (QED) is 0.278. The van der Waals surface area contributed by atoms with Crippen LogP contribution in [0.4, 0.5) is 5.82 Å². The molecule has 1 N–H and O–H groups in total. The standard InChI is InChI=1S/C15H14N10O2S/c1-10-16-7-14(25(26)27)23(10)8-13-19-20-15(28-9-12-17-21-22-18-12)24(13)11-5-3-2-4-6-11/h2-7H,8-9H2,1H3,(H,17,18,21,22). The highest BCUT2D eigenvalue weighted by Gasteiger charge is 2.23. The number of hydrogen-bond acceptors (Lipinski definition) is 9. The summed E-state index contributed by atoms with van der Waals surface area (Å²) in [5.41, 5.74) is 0.846. The van der Waals surface area contributed by atoms with Gasteiger partial charge in [-0.2, -0.15) is 5.21 Å². The average molecular weight is 398 g/mol. The zero-order valence-corrected chi connectivity index (χ0v) is 15.4. The van der Waals surface area contributed by atoms with E-state index in [1.54, 1.807) is 6.92 Å². The molecule has 0 radical (unpaired) electrons. The van der Waals surface area contributed by atoms with Crippen molar-refractivity contribution in [3.63, 3.8) is 0 Å². The first kappa shape index (κ1) is 17.8. The number of thioether (sulfide) groups is 1. The highest BCUT2D eigenvalue weighted by atomic mass is 32.2. The van der Waals surface area contributed by atoms with Crippen molar-refractivity contribution in [1.82, 2.24) is 44.9 Å². The first-order valence-corrected chi connectivity index (χ1v) is 9.13. The van der Waals surface area contributed by atoms with E-state index in [-0.39, 0.29) is 12.4 Å². The second kappa shape index (κ2) is 7.56. The zero-order valence-electron chi connectivity index (χ0n) is 14.6. The van der Waals surface area contributed by atoms with E-state index >= 15 is 0 Å². The van der Waals surface area contributed by atoms with E-state index in [1.165, 1.54) is 22.5 Å². The Hall–Kier alpha value is -3.61. The molecule has 1 aromatic carbocycles. The summed E-state index contributed by atoms with van der Waals surface area (Å²) in [7, 11) is 0. The summed E-state index contributed by atoms with van der Waals surface area (Å²) in [5, 5.41) is 34.3. The lowest BCUT2D eigenvalue weighted by molar-refractivity contribution is -0.392. The highest BCUT2D eigenvalue weighted by Crippen LogP contribution is 2.25. The summed E-state index contributed by atoms with van der Waals surface area (Å²) in [4.78, 5) is 14.9. The fraction of sp³-hybridized carbons (Fsp3) is 0.200. The van der Waals surface area contributed by atoms with Crippen LogP contribution >= 0.6 is 11.8 Å². The summed E-state index contributed by atoms with van der Waals surface area (Å²) in [5.74, 6) is 1.96. The number of nitrogens with zero attached hydrogens (tertiary/aromatic N) is 9. The number of para-hydroxylation sites is 1. The molecule has 0 saturated carbocycles. The van der Waals surface area contributed by atoms with Crippen molar-refractivity contribution in [2.24, 2.45) is 0 Å². The number of aromatic amines is 1. The molecule has 28 heavy (non-hydrogen) atoms. The summed E-state index contributed by atoms with van der Waals surface area (Å²) < 4.78 is 3.35. The Labute approximate surface area is 162 Å². The van der Waals surface area contributed by atoms with Crippen molar-refractivity contribution in [1.29, 1.82) is 0 Å². The molecule has 0 atom stereocenters. The summed E-state index contributed by atoms with van der Waals surface area (Å²) >= 11 is 1.39. The van der Waals surface area contributed by atoms with E-state index in [1.807, 2.05) is 34.9 Å². The maximum absolute atomic E-state index is 11.3. The Morgan fingerprint density at radius 1 is 1.21 bits per heavy atom. The Kier molecular flexibility index (Phi) is 4.80. The second-order valence-electron chi connectivity index (χ2n) is 5.69. The predicted molar refractivity (Wildman–Crippen MR) is 97.8 cm³/mol. The number of imidazole rings is 1. The van der Waals surface area contributed by atoms with Gasteiger partial charge in [0.15, 0.2) is 29.2 Å². The lowest BCUT2D eigenvalue weighted by Crippen LogP contribution is -2.11. The lowest BCUT2D eigenvalue weighted by Gasteiger charge is -2.09. The molecule has 0 amide bonds. The summed E-state index contributed by atoms with van der Waals surface area (Å²) in [6, 6.07) is 9.54. The molecular weight excluding hydrogens is 384 g/mol. The molecule has 0 aliphatic heterocycles. The van der Waals surface area contributed by atoms with Gasteiger partial charge in [-0.15, -0.1) is 20.4 Å². The monoisotopic (exact) mass is 398 g/mol. The number of nitrogens with one attached hydrogen (secondary N) is 1. The molecule has 0 saturated heterocycles. The van der Waals surface area contributed by atoms with E-state index in [4.69, 9.17) is 0 Å². The summed E-state index contributed by atoms with van der Waals surface area (Å²) in [6.07, 6.45) is 1.24. The highest BCUT2D eigenvalue weighted by molar-refractivity contribution is 7.98. The average Bonchev–Trinajstić information content (AvgIpc) is 3.42. The number of hydrogen-bond donors (Lipinski definition) is 1. The number of tetrazole rings is 1. The Morgan fingerprint density at radius 3 is 2.75 bits per heavy atom. The van der Waals surface area contributed by atoms with Gasteiger partial charge in [-0.05, 0) is 17.1 Å². The van der Waals surface area contributed by atoms with Crippen molar-refractivity contribution in [3.8, 4) is 5.69 Å². The Bertz CT molecular complexity index is 1090. The minimum atomic E-state index is -0.463. The first-order chi connectivity index (χ1) is 13.6.